The van der Waals surface area contributed by atoms with Crippen LogP contribution in [0.15, 0.2) is 18.3 Å². The van der Waals surface area contributed by atoms with Crippen LogP contribution in [0.5, 0.6) is 5.88 Å². The molecule has 2 rings (SSSR count). The molecule has 1 fully saturated rings. The quantitative estimate of drug-likeness (QED) is 0.777. The van der Waals surface area contributed by atoms with Crippen molar-refractivity contribution in [2.45, 2.75) is 38.3 Å². The van der Waals surface area contributed by atoms with Gasteiger partial charge in [-0.15, -0.1) is 0 Å². The fourth-order valence-corrected chi connectivity index (χ4v) is 1.92. The van der Waals surface area contributed by atoms with E-state index in [2.05, 4.69) is 37.0 Å². The van der Waals surface area contributed by atoms with Crippen molar-refractivity contribution in [3.05, 3.63) is 23.9 Å². The van der Waals surface area contributed by atoms with Gasteiger partial charge in [-0.2, -0.15) is 0 Å². The maximum absolute atomic E-state index is 5.79. The molecule has 1 aromatic heterocycles. The van der Waals surface area contributed by atoms with E-state index in [-0.39, 0.29) is 0 Å². The molecule has 0 N–H and O–H groups in total. The van der Waals surface area contributed by atoms with E-state index in [1.54, 1.807) is 0 Å². The Morgan fingerprint density at radius 2 is 2.12 bits per heavy atom. The van der Waals surface area contributed by atoms with E-state index >= 15 is 0 Å². The van der Waals surface area contributed by atoms with Crippen LogP contribution in [0.3, 0.4) is 0 Å². The highest BCUT2D eigenvalue weighted by Crippen LogP contribution is 2.27. The van der Waals surface area contributed by atoms with Crippen LogP contribution in [0.4, 0.5) is 0 Å². The van der Waals surface area contributed by atoms with Crippen molar-refractivity contribution in [3.63, 3.8) is 0 Å². The molecule has 0 unspecified atom stereocenters. The van der Waals surface area contributed by atoms with Crippen LogP contribution >= 0.6 is 0 Å². The van der Waals surface area contributed by atoms with Gasteiger partial charge in [0.1, 0.15) is 6.10 Å². The van der Waals surface area contributed by atoms with Crippen LogP contribution in [-0.4, -0.2) is 36.1 Å². The first-order chi connectivity index (χ1) is 7.69. The Morgan fingerprint density at radius 3 is 2.62 bits per heavy atom. The molecule has 0 atom stereocenters. The van der Waals surface area contributed by atoms with Crippen molar-refractivity contribution >= 4 is 0 Å². The van der Waals surface area contributed by atoms with E-state index < -0.39 is 0 Å². The first kappa shape index (κ1) is 11.4. The van der Waals surface area contributed by atoms with Gasteiger partial charge < -0.3 is 9.64 Å². The zero-order chi connectivity index (χ0) is 11.5. The number of rotatable bonds is 4. The average molecular weight is 220 g/mol. The summed E-state index contributed by atoms with van der Waals surface area (Å²) < 4.78 is 5.79. The first-order valence-corrected chi connectivity index (χ1v) is 5.97. The minimum atomic E-state index is 0.354. The fourth-order valence-electron chi connectivity index (χ4n) is 1.92. The summed E-state index contributed by atoms with van der Waals surface area (Å²) in [5, 5.41) is 0. The third kappa shape index (κ3) is 2.53. The van der Waals surface area contributed by atoms with Crippen molar-refractivity contribution in [2.24, 2.45) is 0 Å². The molecule has 1 aliphatic rings. The maximum Gasteiger partial charge on any atom is 0.213 e. The highest BCUT2D eigenvalue weighted by molar-refractivity contribution is 5.18. The van der Waals surface area contributed by atoms with E-state index in [0.29, 0.717) is 12.1 Å². The van der Waals surface area contributed by atoms with Gasteiger partial charge in [0.25, 0.3) is 0 Å². The van der Waals surface area contributed by atoms with E-state index in [9.17, 15) is 0 Å². The normalized spacial score (nSPS) is 24.2. The largest absolute Gasteiger partial charge is 0.474 e. The summed E-state index contributed by atoms with van der Waals surface area (Å²) in [6, 6.07) is 4.74. The Morgan fingerprint density at radius 1 is 1.38 bits per heavy atom. The number of pyridine rings is 1. The van der Waals surface area contributed by atoms with Crippen molar-refractivity contribution in [1.82, 2.24) is 9.88 Å². The molecule has 0 aromatic carbocycles. The lowest BCUT2D eigenvalue weighted by Gasteiger charge is -2.39. The molecular weight excluding hydrogens is 200 g/mol. The zero-order valence-electron chi connectivity index (χ0n) is 10.3. The minimum Gasteiger partial charge on any atom is -0.474 e. The van der Waals surface area contributed by atoms with Crippen LogP contribution < -0.4 is 4.74 Å². The molecular formula is C13H20N2O. The molecule has 1 aliphatic carbocycles. The standard InChI is InChI=1S/C13H20N2O/c1-4-10-5-6-13(14-9-10)16-12-7-11(8-12)15(2)3/h5-6,9,11-12H,4,7-8H2,1-3H3. The summed E-state index contributed by atoms with van der Waals surface area (Å²) in [5.74, 6) is 0.763. The Kier molecular flexibility index (Phi) is 3.44. The maximum atomic E-state index is 5.79. The first-order valence-electron chi connectivity index (χ1n) is 5.97. The van der Waals surface area contributed by atoms with Gasteiger partial charge in [-0.05, 0) is 26.1 Å². The molecule has 0 saturated heterocycles. The van der Waals surface area contributed by atoms with Gasteiger partial charge in [0.15, 0.2) is 0 Å². The van der Waals surface area contributed by atoms with E-state index in [4.69, 9.17) is 4.74 Å². The molecule has 3 nitrogen and oxygen atoms in total. The predicted molar refractivity (Wildman–Crippen MR) is 64.7 cm³/mol. The molecule has 0 bridgehead atoms. The van der Waals surface area contributed by atoms with E-state index in [1.165, 1.54) is 5.56 Å². The number of nitrogens with zero attached hydrogens (tertiary/aromatic N) is 2. The van der Waals surface area contributed by atoms with Crippen LogP contribution in [-0.2, 0) is 6.42 Å². The van der Waals surface area contributed by atoms with Crippen molar-refractivity contribution in [1.29, 1.82) is 0 Å². The van der Waals surface area contributed by atoms with Gasteiger partial charge in [-0.1, -0.05) is 13.0 Å². The smallest absolute Gasteiger partial charge is 0.213 e. The van der Waals surface area contributed by atoms with Crippen LogP contribution in [0.2, 0.25) is 0 Å². The lowest BCUT2D eigenvalue weighted by molar-refractivity contribution is 0.0370. The molecule has 0 amide bonds. The summed E-state index contributed by atoms with van der Waals surface area (Å²) in [6.07, 6.45) is 5.51. The van der Waals surface area contributed by atoms with Gasteiger partial charge in [0.2, 0.25) is 5.88 Å². The Labute approximate surface area is 97.4 Å². The predicted octanol–water partition coefficient (Wildman–Crippen LogP) is 2.12. The Bertz CT molecular complexity index is 328. The fraction of sp³-hybridized carbons (Fsp3) is 0.615. The van der Waals surface area contributed by atoms with Gasteiger partial charge in [0.05, 0.1) is 0 Å². The third-order valence-corrected chi connectivity index (χ3v) is 3.29. The molecule has 1 heterocycles. The second kappa shape index (κ2) is 4.83. The van der Waals surface area contributed by atoms with Gasteiger partial charge in [-0.3, -0.25) is 0 Å². The highest BCUT2D eigenvalue weighted by atomic mass is 16.5. The molecule has 1 saturated carbocycles. The highest BCUT2D eigenvalue weighted by Gasteiger charge is 2.32. The summed E-state index contributed by atoms with van der Waals surface area (Å²) in [4.78, 5) is 6.56. The van der Waals surface area contributed by atoms with Gasteiger partial charge >= 0.3 is 0 Å². The Hall–Kier alpha value is -1.09. The van der Waals surface area contributed by atoms with Crippen LogP contribution in [0.25, 0.3) is 0 Å². The van der Waals surface area contributed by atoms with E-state index in [1.807, 2.05) is 12.3 Å². The number of ether oxygens (including phenoxy) is 1. The van der Waals surface area contributed by atoms with E-state index in [0.717, 1.165) is 25.1 Å². The molecule has 16 heavy (non-hydrogen) atoms. The monoisotopic (exact) mass is 220 g/mol. The second-order valence-electron chi connectivity index (χ2n) is 4.69. The van der Waals surface area contributed by atoms with Crippen LogP contribution in [0, 0.1) is 0 Å². The van der Waals surface area contributed by atoms with Crippen molar-refractivity contribution in [2.75, 3.05) is 14.1 Å². The molecule has 88 valence electrons. The summed E-state index contributed by atoms with van der Waals surface area (Å²) in [6.45, 7) is 2.13. The number of aryl methyl sites for hydroxylation is 1. The lowest BCUT2D eigenvalue weighted by atomic mass is 9.88. The second-order valence-corrected chi connectivity index (χ2v) is 4.69. The summed E-state index contributed by atoms with van der Waals surface area (Å²) in [5.41, 5.74) is 1.26. The molecule has 0 spiro atoms. The molecule has 0 radical (unpaired) electrons. The van der Waals surface area contributed by atoms with Crippen molar-refractivity contribution in [3.8, 4) is 5.88 Å². The third-order valence-electron chi connectivity index (χ3n) is 3.29. The molecule has 0 aliphatic heterocycles. The lowest BCUT2D eigenvalue weighted by Crippen LogP contribution is -2.46. The topological polar surface area (TPSA) is 25.4 Å². The van der Waals surface area contributed by atoms with Gasteiger partial charge in [-0.25, -0.2) is 4.98 Å². The number of aromatic nitrogens is 1. The number of hydrogen-bond acceptors (Lipinski definition) is 3. The molecule has 1 aromatic rings. The summed E-state index contributed by atoms with van der Waals surface area (Å²) >= 11 is 0. The van der Waals surface area contributed by atoms with Crippen LogP contribution in [0.1, 0.15) is 25.3 Å². The average Bonchev–Trinajstić information content (AvgIpc) is 2.23. The van der Waals surface area contributed by atoms with Crippen molar-refractivity contribution < 1.29 is 4.74 Å². The number of hydrogen-bond donors (Lipinski definition) is 0. The SMILES string of the molecule is CCc1ccc(OC2CC(N(C)C)C2)nc1. The Balaban J connectivity index is 1.82. The molecule has 3 heteroatoms. The minimum absolute atomic E-state index is 0.354. The van der Waals surface area contributed by atoms with Gasteiger partial charge in [0, 0.05) is 31.1 Å². The summed E-state index contributed by atoms with van der Waals surface area (Å²) in [7, 11) is 4.24. The zero-order valence-corrected chi connectivity index (χ0v) is 10.3.